The highest BCUT2D eigenvalue weighted by atomic mass is 16.2. The van der Waals surface area contributed by atoms with Gasteiger partial charge in [-0.2, -0.15) is 0 Å². The molecule has 0 fully saturated rings. The average Bonchev–Trinajstić information content (AvgIpc) is 2.04. The van der Waals surface area contributed by atoms with Gasteiger partial charge in [0.25, 0.3) is 0 Å². The van der Waals surface area contributed by atoms with E-state index in [1.165, 1.54) is 13.8 Å². The topological polar surface area (TPSA) is 101 Å². The van der Waals surface area contributed by atoms with Crippen LogP contribution in [0.1, 0.15) is 13.8 Å². The van der Waals surface area contributed by atoms with Crippen molar-refractivity contribution in [1.82, 2.24) is 10.6 Å². The van der Waals surface area contributed by atoms with Crippen LogP contribution in [0.4, 0.5) is 0 Å². The van der Waals surface area contributed by atoms with E-state index in [0.29, 0.717) is 6.41 Å². The van der Waals surface area contributed by atoms with Crippen LogP contribution in [0, 0.1) is 0 Å². The second kappa shape index (κ2) is 5.13. The first kappa shape index (κ1) is 11.4. The van der Waals surface area contributed by atoms with Gasteiger partial charge in [-0.05, 0) is 13.8 Å². The Hall–Kier alpha value is -1.59. The molecule has 0 aromatic rings. The number of hydrogen-bond donors (Lipinski definition) is 3. The second-order valence-electron chi connectivity index (χ2n) is 2.64. The Labute approximate surface area is 75.9 Å². The minimum absolute atomic E-state index is 0.416. The van der Waals surface area contributed by atoms with E-state index < -0.39 is 23.9 Å². The number of primary amides is 1. The normalized spacial score (nSPS) is 14.0. The van der Waals surface area contributed by atoms with Crippen LogP contribution in [0.3, 0.4) is 0 Å². The van der Waals surface area contributed by atoms with Crippen LogP contribution in [0.2, 0.25) is 0 Å². The van der Waals surface area contributed by atoms with E-state index in [9.17, 15) is 14.4 Å². The lowest BCUT2D eigenvalue weighted by Gasteiger charge is -2.14. The third-order valence-electron chi connectivity index (χ3n) is 1.50. The van der Waals surface area contributed by atoms with E-state index in [2.05, 4.69) is 10.6 Å². The van der Waals surface area contributed by atoms with Gasteiger partial charge in [0.15, 0.2) is 0 Å². The lowest BCUT2D eigenvalue weighted by molar-refractivity contribution is -0.128. The maximum atomic E-state index is 11.1. The smallest absolute Gasteiger partial charge is 0.242 e. The van der Waals surface area contributed by atoms with Gasteiger partial charge in [0.1, 0.15) is 12.1 Å². The molecule has 0 heterocycles. The van der Waals surface area contributed by atoms with Gasteiger partial charge >= 0.3 is 0 Å². The molecule has 0 aromatic carbocycles. The van der Waals surface area contributed by atoms with Crippen LogP contribution in [-0.4, -0.2) is 30.3 Å². The average molecular weight is 187 g/mol. The van der Waals surface area contributed by atoms with Crippen LogP contribution in [0.15, 0.2) is 0 Å². The number of rotatable bonds is 5. The Morgan fingerprint density at radius 2 is 1.85 bits per heavy atom. The highest BCUT2D eigenvalue weighted by molar-refractivity contribution is 5.89. The fraction of sp³-hybridized carbons (Fsp3) is 0.571. The molecule has 0 radical (unpaired) electrons. The summed E-state index contributed by atoms with van der Waals surface area (Å²) in [6, 6.07) is -1.40. The molecule has 0 aliphatic rings. The van der Waals surface area contributed by atoms with Gasteiger partial charge in [-0.25, -0.2) is 0 Å². The summed E-state index contributed by atoms with van der Waals surface area (Å²) in [5, 5.41) is 4.57. The zero-order valence-corrected chi connectivity index (χ0v) is 7.53. The Kier molecular flexibility index (Phi) is 4.50. The molecular formula is C7H13N3O3. The van der Waals surface area contributed by atoms with E-state index in [-0.39, 0.29) is 0 Å². The van der Waals surface area contributed by atoms with Crippen molar-refractivity contribution in [3.8, 4) is 0 Å². The van der Waals surface area contributed by atoms with Crippen molar-refractivity contribution in [1.29, 1.82) is 0 Å². The van der Waals surface area contributed by atoms with Crippen LogP contribution in [0.5, 0.6) is 0 Å². The Morgan fingerprint density at radius 3 is 2.23 bits per heavy atom. The Balaban J connectivity index is 3.99. The molecule has 0 unspecified atom stereocenters. The first-order valence-electron chi connectivity index (χ1n) is 3.78. The molecule has 0 aliphatic carbocycles. The highest BCUT2D eigenvalue weighted by Gasteiger charge is 2.16. The standard InChI is InChI=1S/C7H13N3O3/c1-4(6(8)12)10-7(13)5(2)9-3-11/h3-5H,1-2H3,(H2,8,12)(H,9,11)(H,10,13)/t4-,5-/m0/s1. The predicted molar refractivity (Wildman–Crippen MR) is 45.5 cm³/mol. The van der Waals surface area contributed by atoms with Crippen LogP contribution >= 0.6 is 0 Å². The lowest BCUT2D eigenvalue weighted by atomic mass is 10.2. The number of amides is 3. The van der Waals surface area contributed by atoms with E-state index in [1.54, 1.807) is 0 Å². The summed E-state index contributed by atoms with van der Waals surface area (Å²) in [4.78, 5) is 31.6. The molecule has 13 heavy (non-hydrogen) atoms. The second-order valence-corrected chi connectivity index (χ2v) is 2.64. The molecule has 0 saturated carbocycles. The van der Waals surface area contributed by atoms with Crippen molar-refractivity contribution in [2.24, 2.45) is 5.73 Å². The maximum absolute atomic E-state index is 11.1. The van der Waals surface area contributed by atoms with Crippen molar-refractivity contribution in [2.45, 2.75) is 25.9 Å². The molecule has 0 rings (SSSR count). The van der Waals surface area contributed by atoms with Gasteiger partial charge in [0.2, 0.25) is 18.2 Å². The fourth-order valence-electron chi connectivity index (χ4n) is 0.587. The monoisotopic (exact) mass is 187 g/mol. The largest absolute Gasteiger partial charge is 0.368 e. The minimum atomic E-state index is -0.733. The molecule has 0 aromatic heterocycles. The van der Waals surface area contributed by atoms with Crippen LogP contribution in [-0.2, 0) is 14.4 Å². The molecule has 3 amide bonds. The highest BCUT2D eigenvalue weighted by Crippen LogP contribution is 1.84. The Bertz CT molecular complexity index is 217. The van der Waals surface area contributed by atoms with Gasteiger partial charge < -0.3 is 16.4 Å². The van der Waals surface area contributed by atoms with Crippen molar-refractivity contribution >= 4 is 18.2 Å². The number of nitrogens with two attached hydrogens (primary N) is 1. The molecule has 0 bridgehead atoms. The number of hydrogen-bond acceptors (Lipinski definition) is 3. The molecule has 6 nitrogen and oxygen atoms in total. The molecule has 4 N–H and O–H groups in total. The van der Waals surface area contributed by atoms with Gasteiger partial charge in [-0.1, -0.05) is 0 Å². The first-order valence-corrected chi connectivity index (χ1v) is 3.78. The molecule has 0 spiro atoms. The van der Waals surface area contributed by atoms with Gasteiger partial charge in [-0.3, -0.25) is 14.4 Å². The summed E-state index contributed by atoms with van der Waals surface area (Å²) >= 11 is 0. The van der Waals surface area contributed by atoms with Gasteiger partial charge in [0, 0.05) is 0 Å². The summed E-state index contributed by atoms with van der Waals surface area (Å²) < 4.78 is 0. The predicted octanol–water partition coefficient (Wildman–Crippen LogP) is -1.89. The number of carbonyl (C=O) groups is 3. The van der Waals surface area contributed by atoms with E-state index in [0.717, 1.165) is 0 Å². The van der Waals surface area contributed by atoms with Gasteiger partial charge in [-0.15, -0.1) is 0 Å². The number of carbonyl (C=O) groups excluding carboxylic acids is 3. The van der Waals surface area contributed by atoms with E-state index in [4.69, 9.17) is 5.73 Å². The Morgan fingerprint density at radius 1 is 1.31 bits per heavy atom. The van der Waals surface area contributed by atoms with E-state index >= 15 is 0 Å². The first-order chi connectivity index (χ1) is 5.99. The molecule has 0 aliphatic heterocycles. The summed E-state index contributed by atoms with van der Waals surface area (Å²) in [5.74, 6) is -1.06. The van der Waals surface area contributed by atoms with Crippen molar-refractivity contribution in [2.75, 3.05) is 0 Å². The van der Waals surface area contributed by atoms with Crippen molar-refractivity contribution in [3.05, 3.63) is 0 Å². The summed E-state index contributed by atoms with van der Waals surface area (Å²) in [5.41, 5.74) is 4.91. The third-order valence-corrected chi connectivity index (χ3v) is 1.50. The number of nitrogens with one attached hydrogen (secondary N) is 2. The van der Waals surface area contributed by atoms with E-state index in [1.807, 2.05) is 0 Å². The summed E-state index contributed by atoms with van der Waals surface area (Å²) in [7, 11) is 0. The molecule has 2 atom stereocenters. The molecule has 74 valence electrons. The quantitative estimate of drug-likeness (QED) is 0.438. The van der Waals surface area contributed by atoms with Crippen molar-refractivity contribution in [3.63, 3.8) is 0 Å². The zero-order chi connectivity index (χ0) is 10.4. The molecular weight excluding hydrogens is 174 g/mol. The lowest BCUT2D eigenvalue weighted by Crippen LogP contribution is -2.49. The van der Waals surface area contributed by atoms with Gasteiger partial charge in [0.05, 0.1) is 0 Å². The molecule has 0 saturated heterocycles. The molecule has 6 heteroatoms. The third kappa shape index (κ3) is 4.09. The zero-order valence-electron chi connectivity index (χ0n) is 7.53. The minimum Gasteiger partial charge on any atom is -0.368 e. The van der Waals surface area contributed by atoms with Crippen LogP contribution < -0.4 is 16.4 Å². The summed E-state index contributed by atoms with van der Waals surface area (Å²) in [6.07, 6.45) is 0.416. The van der Waals surface area contributed by atoms with Crippen molar-refractivity contribution < 1.29 is 14.4 Å². The fourth-order valence-corrected chi connectivity index (χ4v) is 0.587. The van der Waals surface area contributed by atoms with Crippen LogP contribution in [0.25, 0.3) is 0 Å². The summed E-state index contributed by atoms with van der Waals surface area (Å²) in [6.45, 7) is 2.96. The SMILES string of the molecule is C[C@H](NC(=O)[C@H](C)NC=O)C(N)=O. The maximum Gasteiger partial charge on any atom is 0.242 e.